The Morgan fingerprint density at radius 1 is 1.23 bits per heavy atom. The maximum Gasteiger partial charge on any atom is 0.303 e. The van der Waals surface area contributed by atoms with Gasteiger partial charge in [0.15, 0.2) is 0 Å². The van der Waals surface area contributed by atoms with Gasteiger partial charge in [-0.1, -0.05) is 6.92 Å². The van der Waals surface area contributed by atoms with Crippen molar-refractivity contribution in [1.82, 2.24) is 0 Å². The van der Waals surface area contributed by atoms with Crippen LogP contribution in [0, 0.1) is 0 Å². The van der Waals surface area contributed by atoms with Gasteiger partial charge in [0.05, 0.1) is 13.2 Å². The van der Waals surface area contributed by atoms with Crippen molar-refractivity contribution in [3.8, 4) is 0 Å². The molecule has 0 bridgehead atoms. The lowest BCUT2D eigenvalue weighted by Gasteiger charge is -1.79. The summed E-state index contributed by atoms with van der Waals surface area (Å²) in [6, 6.07) is 0. The largest absolute Gasteiger partial charge is 0.481 e. The van der Waals surface area contributed by atoms with Gasteiger partial charge in [0.1, 0.15) is 0 Å². The summed E-state index contributed by atoms with van der Waals surface area (Å²) in [4.78, 5) is 9.60. The van der Waals surface area contributed by atoms with E-state index in [9.17, 15) is 4.79 Å². The molecule has 0 saturated heterocycles. The van der Waals surface area contributed by atoms with Crippen LogP contribution in [-0.2, 0) is 9.53 Å². The highest BCUT2D eigenvalue weighted by molar-refractivity contribution is 5.66. The topological polar surface area (TPSA) is 87.0 Å². The van der Waals surface area contributed by atoms with E-state index in [2.05, 4.69) is 4.74 Å². The fourth-order valence-electron chi connectivity index (χ4n) is 0.214. The minimum absolute atomic E-state index is 0.125. The summed E-state index contributed by atoms with van der Waals surface area (Å²) < 4.78 is 4.25. The molecule has 5 heteroatoms. The van der Waals surface area contributed by atoms with E-state index in [0.717, 1.165) is 6.42 Å². The number of methoxy groups -OCH3 is 1. The molecule has 0 aromatic rings. The van der Waals surface area contributed by atoms with Crippen LogP contribution >= 0.6 is 0 Å². The van der Waals surface area contributed by atoms with E-state index in [1.807, 2.05) is 6.92 Å². The summed E-state index contributed by atoms with van der Waals surface area (Å²) in [6.45, 7) is 1.59. The highest BCUT2D eigenvalue weighted by atomic mass is 16.4. The Morgan fingerprint density at radius 2 is 1.54 bits per heavy atom. The molecule has 0 saturated carbocycles. The quantitative estimate of drug-likeness (QED) is 0.596. The van der Waals surface area contributed by atoms with E-state index in [4.69, 9.17) is 15.3 Å². The highest BCUT2D eigenvalue weighted by Crippen LogP contribution is 1.82. The van der Waals surface area contributed by atoms with Crippen molar-refractivity contribution >= 4 is 5.97 Å². The fraction of sp³-hybridized carbons (Fsp3) is 0.875. The van der Waals surface area contributed by atoms with E-state index in [1.165, 1.54) is 0 Å². The minimum Gasteiger partial charge on any atom is -0.481 e. The Balaban J connectivity index is -0.000000125. The lowest BCUT2D eigenvalue weighted by atomic mass is 10.4. The van der Waals surface area contributed by atoms with E-state index in [-0.39, 0.29) is 13.2 Å². The molecule has 0 amide bonds. The SMILES string of the molecule is CCCC(=O)O.COC.OCCO. The maximum absolute atomic E-state index is 9.60. The van der Waals surface area contributed by atoms with Crippen LogP contribution in [-0.4, -0.2) is 48.7 Å². The standard InChI is InChI=1S/C4H8O2.C2H6O2.C2H6O/c1-2-3-4(5)6;3-1-2-4;1-3-2/h2-3H2,1H3,(H,5,6);3-4H,1-2H2;1-2H3. The Labute approximate surface area is 79.0 Å². The van der Waals surface area contributed by atoms with Crippen molar-refractivity contribution in [1.29, 1.82) is 0 Å². The fourth-order valence-corrected chi connectivity index (χ4v) is 0.214. The molecule has 0 aromatic carbocycles. The maximum atomic E-state index is 9.60. The zero-order valence-corrected chi connectivity index (χ0v) is 8.49. The summed E-state index contributed by atoms with van der Waals surface area (Å²) in [5, 5.41) is 23.2. The van der Waals surface area contributed by atoms with E-state index in [0.29, 0.717) is 6.42 Å². The molecular formula is C8H20O5. The molecule has 0 aromatic heterocycles. The second-order valence-corrected chi connectivity index (χ2v) is 2.00. The predicted molar refractivity (Wildman–Crippen MR) is 49.6 cm³/mol. The van der Waals surface area contributed by atoms with E-state index in [1.54, 1.807) is 14.2 Å². The number of aliphatic carboxylic acids is 1. The summed E-state index contributed by atoms with van der Waals surface area (Å²) in [6.07, 6.45) is 1.02. The Bertz CT molecular complexity index is 82.6. The molecule has 13 heavy (non-hydrogen) atoms. The van der Waals surface area contributed by atoms with Crippen molar-refractivity contribution in [2.45, 2.75) is 19.8 Å². The zero-order valence-electron chi connectivity index (χ0n) is 8.49. The van der Waals surface area contributed by atoms with Crippen LogP contribution in [0.4, 0.5) is 0 Å². The van der Waals surface area contributed by atoms with Crippen molar-refractivity contribution in [2.24, 2.45) is 0 Å². The summed E-state index contributed by atoms with van der Waals surface area (Å²) in [7, 11) is 3.25. The number of carbonyl (C=O) groups is 1. The van der Waals surface area contributed by atoms with Gasteiger partial charge >= 0.3 is 5.97 Å². The van der Waals surface area contributed by atoms with Crippen LogP contribution in [0.15, 0.2) is 0 Å². The third-order valence-corrected chi connectivity index (χ3v) is 0.564. The highest BCUT2D eigenvalue weighted by Gasteiger charge is 1.87. The normalized spacial score (nSPS) is 7.46. The molecule has 0 atom stereocenters. The van der Waals surface area contributed by atoms with Crippen LogP contribution in [0.25, 0.3) is 0 Å². The van der Waals surface area contributed by atoms with Gasteiger partial charge in [0.2, 0.25) is 0 Å². The van der Waals surface area contributed by atoms with Crippen molar-refractivity contribution in [3.63, 3.8) is 0 Å². The first-order valence-corrected chi connectivity index (χ1v) is 3.94. The lowest BCUT2D eigenvalue weighted by Crippen LogP contribution is -1.90. The number of carboxylic acid groups (broad SMARTS) is 1. The molecular weight excluding hydrogens is 176 g/mol. The van der Waals surface area contributed by atoms with Gasteiger partial charge in [-0.15, -0.1) is 0 Å². The number of aliphatic hydroxyl groups excluding tert-OH is 2. The Morgan fingerprint density at radius 3 is 1.54 bits per heavy atom. The minimum atomic E-state index is -0.711. The number of rotatable bonds is 3. The summed E-state index contributed by atoms with van der Waals surface area (Å²) >= 11 is 0. The Kier molecular flexibility index (Phi) is 31.5. The van der Waals surface area contributed by atoms with Gasteiger partial charge in [-0.2, -0.15) is 0 Å². The molecule has 0 rings (SSSR count). The monoisotopic (exact) mass is 196 g/mol. The third-order valence-electron chi connectivity index (χ3n) is 0.564. The van der Waals surface area contributed by atoms with Gasteiger partial charge in [-0.25, -0.2) is 0 Å². The molecule has 82 valence electrons. The second kappa shape index (κ2) is 22.5. The van der Waals surface area contributed by atoms with Gasteiger partial charge in [0, 0.05) is 20.6 Å². The van der Waals surface area contributed by atoms with Gasteiger partial charge < -0.3 is 20.1 Å². The molecule has 5 nitrogen and oxygen atoms in total. The van der Waals surface area contributed by atoms with Gasteiger partial charge in [0.25, 0.3) is 0 Å². The van der Waals surface area contributed by atoms with Crippen molar-refractivity contribution in [2.75, 3.05) is 27.4 Å². The van der Waals surface area contributed by atoms with Crippen LogP contribution in [0.5, 0.6) is 0 Å². The number of carboxylic acids is 1. The molecule has 0 aliphatic heterocycles. The number of hydrogen-bond donors (Lipinski definition) is 3. The molecule has 0 spiro atoms. The molecule has 0 heterocycles. The molecule has 3 N–H and O–H groups in total. The van der Waals surface area contributed by atoms with E-state index < -0.39 is 5.97 Å². The molecule has 0 unspecified atom stereocenters. The smallest absolute Gasteiger partial charge is 0.303 e. The second-order valence-electron chi connectivity index (χ2n) is 2.00. The van der Waals surface area contributed by atoms with Crippen molar-refractivity contribution < 1.29 is 24.9 Å². The Hall–Kier alpha value is -0.650. The van der Waals surface area contributed by atoms with Crippen molar-refractivity contribution in [3.05, 3.63) is 0 Å². The van der Waals surface area contributed by atoms with Gasteiger partial charge in [-0.05, 0) is 6.42 Å². The zero-order chi connectivity index (χ0) is 11.1. The molecule has 0 aliphatic carbocycles. The first-order valence-electron chi connectivity index (χ1n) is 3.94. The molecule has 0 aliphatic rings. The summed E-state index contributed by atoms with van der Waals surface area (Å²) in [5.74, 6) is -0.711. The van der Waals surface area contributed by atoms with Crippen LogP contribution in [0.1, 0.15) is 19.8 Å². The van der Waals surface area contributed by atoms with Crippen LogP contribution in [0.3, 0.4) is 0 Å². The van der Waals surface area contributed by atoms with E-state index >= 15 is 0 Å². The first-order chi connectivity index (χ1) is 6.10. The third kappa shape index (κ3) is 88.4. The lowest BCUT2D eigenvalue weighted by molar-refractivity contribution is -0.137. The number of aliphatic hydroxyl groups is 2. The molecule has 0 radical (unpaired) electrons. The first kappa shape index (κ1) is 18.2. The number of ether oxygens (including phenoxy) is 1. The average molecular weight is 196 g/mol. The van der Waals surface area contributed by atoms with Crippen LogP contribution < -0.4 is 0 Å². The predicted octanol–water partition coefficient (Wildman–Crippen LogP) is 0.105. The molecule has 0 fully saturated rings. The van der Waals surface area contributed by atoms with Gasteiger partial charge in [-0.3, -0.25) is 4.79 Å². The summed E-state index contributed by atoms with van der Waals surface area (Å²) in [5.41, 5.74) is 0. The average Bonchev–Trinajstić information content (AvgIpc) is 2.06. The van der Waals surface area contributed by atoms with Crippen LogP contribution in [0.2, 0.25) is 0 Å². The number of hydrogen-bond acceptors (Lipinski definition) is 4.